The Balaban J connectivity index is 2.20. The number of hydrogen-bond donors (Lipinski definition) is 2. The van der Waals surface area contributed by atoms with E-state index in [0.717, 1.165) is 0 Å². The number of aliphatic hydroxyl groups is 1. The Morgan fingerprint density at radius 2 is 2.00 bits per heavy atom. The molecule has 1 fully saturated rings. The molecular formula is C10H10F3NO2. The summed E-state index contributed by atoms with van der Waals surface area (Å²) in [7, 11) is 0. The van der Waals surface area contributed by atoms with Gasteiger partial charge in [-0.3, -0.25) is 0 Å². The van der Waals surface area contributed by atoms with Crippen LogP contribution in [0.25, 0.3) is 0 Å². The first kappa shape index (κ1) is 11.2. The Morgan fingerprint density at radius 3 is 2.50 bits per heavy atom. The molecule has 0 saturated carbocycles. The maximum atomic E-state index is 12.0. The molecule has 3 nitrogen and oxygen atoms in total. The summed E-state index contributed by atoms with van der Waals surface area (Å²) in [4.78, 5) is 0. The number of alkyl halides is 3. The van der Waals surface area contributed by atoms with Gasteiger partial charge in [0.2, 0.25) is 0 Å². The van der Waals surface area contributed by atoms with Gasteiger partial charge in [-0.05, 0) is 17.7 Å². The number of rotatable bonds is 2. The highest BCUT2D eigenvalue weighted by molar-refractivity contribution is 5.34. The van der Waals surface area contributed by atoms with E-state index < -0.39 is 12.0 Å². The molecule has 2 N–H and O–H groups in total. The van der Waals surface area contributed by atoms with Gasteiger partial charge < -0.3 is 15.2 Å². The second-order valence-corrected chi connectivity index (χ2v) is 3.71. The zero-order valence-electron chi connectivity index (χ0n) is 8.21. The largest absolute Gasteiger partial charge is 0.573 e. The van der Waals surface area contributed by atoms with Crippen molar-refractivity contribution in [3.8, 4) is 5.75 Å². The molecule has 1 aromatic carbocycles. The van der Waals surface area contributed by atoms with E-state index in [1.54, 1.807) is 6.07 Å². The monoisotopic (exact) mass is 233 g/mol. The van der Waals surface area contributed by atoms with Crippen molar-refractivity contribution in [2.75, 3.05) is 13.1 Å². The number of benzene rings is 1. The summed E-state index contributed by atoms with van der Waals surface area (Å²) in [5.41, 5.74) is -0.654. The molecule has 0 atom stereocenters. The van der Waals surface area contributed by atoms with Gasteiger partial charge in [0.1, 0.15) is 11.4 Å². The molecule has 0 aromatic heterocycles. The first-order chi connectivity index (χ1) is 7.39. The molecule has 6 heteroatoms. The first-order valence-corrected chi connectivity index (χ1v) is 4.68. The summed E-state index contributed by atoms with van der Waals surface area (Å²) in [5, 5.41) is 12.8. The molecule has 2 rings (SSSR count). The molecule has 0 radical (unpaired) electrons. The maximum absolute atomic E-state index is 12.0. The Labute approximate surface area is 89.8 Å². The molecule has 1 heterocycles. The zero-order chi connectivity index (χ0) is 11.8. The summed E-state index contributed by atoms with van der Waals surface area (Å²) in [6.45, 7) is 0.672. The van der Waals surface area contributed by atoms with Crippen molar-refractivity contribution >= 4 is 0 Å². The number of nitrogens with one attached hydrogen (secondary N) is 1. The van der Waals surface area contributed by atoms with Crippen LogP contribution >= 0.6 is 0 Å². The van der Waals surface area contributed by atoms with E-state index in [-0.39, 0.29) is 5.75 Å². The molecule has 1 aliphatic heterocycles. The van der Waals surface area contributed by atoms with E-state index in [9.17, 15) is 18.3 Å². The van der Waals surface area contributed by atoms with Gasteiger partial charge in [-0.2, -0.15) is 0 Å². The van der Waals surface area contributed by atoms with Gasteiger partial charge in [-0.1, -0.05) is 12.1 Å². The normalized spacial score (nSPS) is 19.0. The molecular weight excluding hydrogens is 223 g/mol. The SMILES string of the molecule is OC1(c2cccc(OC(F)(F)F)c2)CNC1. The fraction of sp³-hybridized carbons (Fsp3) is 0.400. The van der Waals surface area contributed by atoms with Crippen molar-refractivity contribution in [1.29, 1.82) is 0 Å². The lowest BCUT2D eigenvalue weighted by atomic mass is 9.88. The van der Waals surface area contributed by atoms with Crippen LogP contribution in [0.2, 0.25) is 0 Å². The lowest BCUT2D eigenvalue weighted by Gasteiger charge is -2.38. The minimum absolute atomic E-state index is 0.315. The summed E-state index contributed by atoms with van der Waals surface area (Å²) in [6, 6.07) is 5.40. The van der Waals surface area contributed by atoms with Crippen LogP contribution in [0.4, 0.5) is 13.2 Å². The standard InChI is InChI=1S/C10H10F3NO2/c11-10(12,13)16-8-3-1-2-7(4-8)9(15)5-14-6-9/h1-4,14-15H,5-6H2. The molecule has 16 heavy (non-hydrogen) atoms. The van der Waals surface area contributed by atoms with Gasteiger partial charge in [0, 0.05) is 13.1 Å². The number of hydrogen-bond acceptors (Lipinski definition) is 3. The molecule has 0 aliphatic carbocycles. The minimum Gasteiger partial charge on any atom is -0.406 e. The summed E-state index contributed by atoms with van der Waals surface area (Å²) in [5.74, 6) is -0.315. The number of β-amino-alcohol motifs (C(OH)–C–C–N with tert-alkyl or cyclic N) is 1. The van der Waals surface area contributed by atoms with Crippen LogP contribution in [0.15, 0.2) is 24.3 Å². The molecule has 88 valence electrons. The fourth-order valence-corrected chi connectivity index (χ4v) is 1.55. The summed E-state index contributed by atoms with van der Waals surface area (Å²) in [6.07, 6.45) is -4.71. The molecule has 0 amide bonds. The van der Waals surface area contributed by atoms with Crippen LogP contribution in [-0.2, 0) is 5.60 Å². The van der Waals surface area contributed by atoms with E-state index in [1.807, 2.05) is 0 Å². The van der Waals surface area contributed by atoms with E-state index in [0.29, 0.717) is 18.7 Å². The second-order valence-electron chi connectivity index (χ2n) is 3.71. The lowest BCUT2D eigenvalue weighted by Crippen LogP contribution is -2.56. The van der Waals surface area contributed by atoms with E-state index in [4.69, 9.17) is 0 Å². The van der Waals surface area contributed by atoms with Gasteiger partial charge >= 0.3 is 6.36 Å². The molecule has 0 unspecified atom stereocenters. The van der Waals surface area contributed by atoms with Crippen molar-refractivity contribution in [2.24, 2.45) is 0 Å². The van der Waals surface area contributed by atoms with Gasteiger partial charge in [0.05, 0.1) is 0 Å². The van der Waals surface area contributed by atoms with Crippen molar-refractivity contribution in [1.82, 2.24) is 5.32 Å². The Bertz CT molecular complexity index is 388. The third kappa shape index (κ3) is 2.28. The highest BCUT2D eigenvalue weighted by atomic mass is 19.4. The highest BCUT2D eigenvalue weighted by Crippen LogP contribution is 2.30. The molecule has 0 bridgehead atoms. The van der Waals surface area contributed by atoms with Crippen LogP contribution in [0.3, 0.4) is 0 Å². The van der Waals surface area contributed by atoms with Crippen LogP contribution in [0.1, 0.15) is 5.56 Å². The molecule has 0 spiro atoms. The minimum atomic E-state index is -4.71. The van der Waals surface area contributed by atoms with Crippen LogP contribution in [0, 0.1) is 0 Å². The average molecular weight is 233 g/mol. The Hall–Kier alpha value is -1.27. The van der Waals surface area contributed by atoms with Crippen molar-refractivity contribution in [3.05, 3.63) is 29.8 Å². The highest BCUT2D eigenvalue weighted by Gasteiger charge is 2.37. The summed E-state index contributed by atoms with van der Waals surface area (Å²) < 4.78 is 39.7. The maximum Gasteiger partial charge on any atom is 0.573 e. The molecule has 1 saturated heterocycles. The van der Waals surface area contributed by atoms with E-state index >= 15 is 0 Å². The number of halogens is 3. The third-order valence-corrected chi connectivity index (χ3v) is 2.44. The Kier molecular flexibility index (Phi) is 2.55. The Morgan fingerprint density at radius 1 is 1.31 bits per heavy atom. The average Bonchev–Trinajstić information content (AvgIpc) is 2.12. The van der Waals surface area contributed by atoms with Gasteiger partial charge in [0.15, 0.2) is 0 Å². The lowest BCUT2D eigenvalue weighted by molar-refractivity contribution is -0.274. The van der Waals surface area contributed by atoms with Crippen molar-refractivity contribution < 1.29 is 23.0 Å². The van der Waals surface area contributed by atoms with E-state index in [1.165, 1.54) is 18.2 Å². The van der Waals surface area contributed by atoms with E-state index in [2.05, 4.69) is 10.1 Å². The summed E-state index contributed by atoms with van der Waals surface area (Å²) >= 11 is 0. The van der Waals surface area contributed by atoms with Gasteiger partial charge in [-0.15, -0.1) is 13.2 Å². The van der Waals surface area contributed by atoms with Crippen molar-refractivity contribution in [2.45, 2.75) is 12.0 Å². The third-order valence-electron chi connectivity index (χ3n) is 2.44. The van der Waals surface area contributed by atoms with Gasteiger partial charge in [-0.25, -0.2) is 0 Å². The number of ether oxygens (including phenoxy) is 1. The van der Waals surface area contributed by atoms with Crippen LogP contribution in [0.5, 0.6) is 5.75 Å². The zero-order valence-corrected chi connectivity index (χ0v) is 8.21. The fourth-order valence-electron chi connectivity index (χ4n) is 1.55. The second kappa shape index (κ2) is 3.64. The van der Waals surface area contributed by atoms with Crippen molar-refractivity contribution in [3.63, 3.8) is 0 Å². The molecule has 1 aliphatic rings. The van der Waals surface area contributed by atoms with Gasteiger partial charge in [0.25, 0.3) is 0 Å². The van der Waals surface area contributed by atoms with Crippen LogP contribution < -0.4 is 10.1 Å². The topological polar surface area (TPSA) is 41.5 Å². The first-order valence-electron chi connectivity index (χ1n) is 4.68. The predicted molar refractivity (Wildman–Crippen MR) is 49.9 cm³/mol. The smallest absolute Gasteiger partial charge is 0.406 e. The quantitative estimate of drug-likeness (QED) is 0.810. The molecule has 1 aromatic rings. The van der Waals surface area contributed by atoms with Crippen LogP contribution in [-0.4, -0.2) is 24.6 Å². The predicted octanol–water partition coefficient (Wildman–Crippen LogP) is 1.38.